The van der Waals surface area contributed by atoms with Crippen LogP contribution >= 0.6 is 0 Å². The number of amides is 1. The van der Waals surface area contributed by atoms with E-state index in [2.05, 4.69) is 0 Å². The van der Waals surface area contributed by atoms with Crippen molar-refractivity contribution in [3.05, 3.63) is 6.42 Å². The summed E-state index contributed by atoms with van der Waals surface area (Å²) in [6.45, 7) is 0. The summed E-state index contributed by atoms with van der Waals surface area (Å²) in [6, 6.07) is 0. The van der Waals surface area contributed by atoms with Gasteiger partial charge < -0.3 is 5.73 Å². The van der Waals surface area contributed by atoms with Gasteiger partial charge in [0.05, 0.1) is 0 Å². The lowest BCUT2D eigenvalue weighted by molar-refractivity contribution is -0.120. The first-order valence-corrected chi connectivity index (χ1v) is 2.93. The van der Waals surface area contributed by atoms with E-state index < -0.39 is 0 Å². The van der Waals surface area contributed by atoms with Gasteiger partial charge in [-0.3, -0.25) is 4.79 Å². The van der Waals surface area contributed by atoms with Crippen LogP contribution < -0.4 is 5.73 Å². The lowest BCUT2D eigenvalue weighted by atomic mass is 10.1. The van der Waals surface area contributed by atoms with Gasteiger partial charge in [0.15, 0.2) is 0 Å². The van der Waals surface area contributed by atoms with Crippen LogP contribution in [-0.4, -0.2) is 5.91 Å². The van der Waals surface area contributed by atoms with Gasteiger partial charge in [-0.1, -0.05) is 6.42 Å². The molecule has 45 valence electrons. The fourth-order valence-electron chi connectivity index (χ4n) is 1.03. The fraction of sp³-hybridized carbons (Fsp3) is 0.667. The van der Waals surface area contributed by atoms with Gasteiger partial charge in [0.25, 0.3) is 0 Å². The summed E-state index contributed by atoms with van der Waals surface area (Å²) < 4.78 is 0. The van der Waals surface area contributed by atoms with E-state index in [1.165, 1.54) is 0 Å². The van der Waals surface area contributed by atoms with E-state index in [-0.39, 0.29) is 11.8 Å². The van der Waals surface area contributed by atoms with Gasteiger partial charge in [-0.05, 0) is 19.3 Å². The molecule has 0 aromatic carbocycles. The third kappa shape index (κ3) is 0.997. The molecule has 1 aliphatic rings. The van der Waals surface area contributed by atoms with E-state index in [4.69, 9.17) is 5.73 Å². The Bertz CT molecular complexity index is 94.7. The molecule has 0 aromatic heterocycles. The molecule has 0 spiro atoms. The van der Waals surface area contributed by atoms with Crippen LogP contribution in [0.1, 0.15) is 19.3 Å². The Morgan fingerprint density at radius 3 is 2.75 bits per heavy atom. The lowest BCUT2D eigenvalue weighted by Crippen LogP contribution is -2.20. The quantitative estimate of drug-likeness (QED) is 0.526. The highest BCUT2D eigenvalue weighted by Crippen LogP contribution is 2.22. The largest absolute Gasteiger partial charge is 0.369 e. The van der Waals surface area contributed by atoms with Crippen LogP contribution in [0, 0.1) is 12.3 Å². The lowest BCUT2D eigenvalue weighted by Gasteiger charge is -1.98. The van der Waals surface area contributed by atoms with Crippen LogP contribution in [0.15, 0.2) is 0 Å². The molecule has 0 heterocycles. The minimum atomic E-state index is -0.164. The summed E-state index contributed by atoms with van der Waals surface area (Å²) in [5.74, 6) is -0.0856. The second-order valence-corrected chi connectivity index (χ2v) is 2.18. The number of hydrogen-bond donors (Lipinski definition) is 1. The molecule has 1 atom stereocenters. The third-order valence-corrected chi connectivity index (χ3v) is 1.54. The van der Waals surface area contributed by atoms with Gasteiger partial charge >= 0.3 is 0 Å². The highest BCUT2D eigenvalue weighted by Gasteiger charge is 2.19. The summed E-state index contributed by atoms with van der Waals surface area (Å²) in [6.07, 6.45) is 5.17. The maximum Gasteiger partial charge on any atom is 0.220 e. The van der Waals surface area contributed by atoms with Crippen molar-refractivity contribution in [3.63, 3.8) is 0 Å². The Kier molecular flexibility index (Phi) is 1.51. The Balaban J connectivity index is 2.35. The molecule has 0 saturated heterocycles. The molecule has 0 bridgehead atoms. The molecule has 0 aliphatic heterocycles. The summed E-state index contributed by atoms with van der Waals surface area (Å²) in [7, 11) is 0. The average molecular weight is 112 g/mol. The molecule has 1 unspecified atom stereocenters. The summed E-state index contributed by atoms with van der Waals surface area (Å²) in [5, 5.41) is 0. The zero-order valence-electron chi connectivity index (χ0n) is 4.76. The number of primary amides is 1. The molecule has 1 radical (unpaired) electrons. The molecule has 1 rings (SSSR count). The molecule has 0 aromatic rings. The van der Waals surface area contributed by atoms with Crippen LogP contribution in [0.3, 0.4) is 0 Å². The van der Waals surface area contributed by atoms with Crippen molar-refractivity contribution in [2.24, 2.45) is 11.7 Å². The van der Waals surface area contributed by atoms with Gasteiger partial charge in [-0.25, -0.2) is 0 Å². The Labute approximate surface area is 49.1 Å². The van der Waals surface area contributed by atoms with Gasteiger partial charge in [0.1, 0.15) is 0 Å². The number of carbonyl (C=O) groups is 1. The van der Waals surface area contributed by atoms with Crippen LogP contribution in [0.25, 0.3) is 0 Å². The monoisotopic (exact) mass is 112 g/mol. The molecule has 2 heteroatoms. The number of hydrogen-bond acceptors (Lipinski definition) is 1. The van der Waals surface area contributed by atoms with E-state index >= 15 is 0 Å². The van der Waals surface area contributed by atoms with Crippen molar-refractivity contribution in [2.45, 2.75) is 19.3 Å². The minimum Gasteiger partial charge on any atom is -0.369 e. The fourth-order valence-corrected chi connectivity index (χ4v) is 1.03. The topological polar surface area (TPSA) is 43.1 Å². The maximum absolute atomic E-state index is 10.4. The SMILES string of the molecule is NC(=O)C1[CH]CCC1. The van der Waals surface area contributed by atoms with Crippen molar-refractivity contribution in [1.29, 1.82) is 0 Å². The first-order valence-electron chi connectivity index (χ1n) is 2.93. The van der Waals surface area contributed by atoms with Crippen LogP contribution in [0.5, 0.6) is 0 Å². The van der Waals surface area contributed by atoms with Gasteiger partial charge in [0.2, 0.25) is 5.91 Å². The molecule has 1 fully saturated rings. The third-order valence-electron chi connectivity index (χ3n) is 1.54. The van der Waals surface area contributed by atoms with Crippen molar-refractivity contribution < 1.29 is 4.79 Å². The Morgan fingerprint density at radius 2 is 2.50 bits per heavy atom. The molecular formula is C6H10NO. The number of rotatable bonds is 1. The number of nitrogens with two attached hydrogens (primary N) is 1. The molecule has 2 N–H and O–H groups in total. The molecular weight excluding hydrogens is 102 g/mol. The zero-order valence-corrected chi connectivity index (χ0v) is 4.76. The Hall–Kier alpha value is -0.530. The first-order chi connectivity index (χ1) is 3.80. The van der Waals surface area contributed by atoms with Crippen molar-refractivity contribution >= 4 is 5.91 Å². The average Bonchev–Trinajstić information content (AvgIpc) is 2.12. The molecule has 1 saturated carbocycles. The van der Waals surface area contributed by atoms with Gasteiger partial charge in [0, 0.05) is 5.92 Å². The van der Waals surface area contributed by atoms with Crippen molar-refractivity contribution in [2.75, 3.05) is 0 Å². The predicted octanol–water partition coefficient (Wildman–Crippen LogP) is 0.476. The maximum atomic E-state index is 10.4. The van der Waals surface area contributed by atoms with Gasteiger partial charge in [-0.15, -0.1) is 0 Å². The van der Waals surface area contributed by atoms with Crippen molar-refractivity contribution in [1.82, 2.24) is 0 Å². The summed E-state index contributed by atoms with van der Waals surface area (Å²) >= 11 is 0. The molecule has 1 aliphatic carbocycles. The van der Waals surface area contributed by atoms with E-state index in [1.807, 2.05) is 6.42 Å². The van der Waals surface area contributed by atoms with E-state index in [0.717, 1.165) is 19.3 Å². The summed E-state index contributed by atoms with van der Waals surface area (Å²) in [4.78, 5) is 10.4. The predicted molar refractivity (Wildman–Crippen MR) is 30.8 cm³/mol. The standard InChI is InChI=1S/C6H10NO/c7-6(8)5-3-1-2-4-5/h3,5H,1-2,4H2,(H2,7,8). The van der Waals surface area contributed by atoms with Crippen molar-refractivity contribution in [3.8, 4) is 0 Å². The van der Waals surface area contributed by atoms with E-state index in [1.54, 1.807) is 0 Å². The highest BCUT2D eigenvalue weighted by molar-refractivity contribution is 5.78. The normalized spacial score (nSPS) is 21.5. The van der Waals surface area contributed by atoms with Crippen LogP contribution in [0.4, 0.5) is 0 Å². The first kappa shape index (κ1) is 5.60. The van der Waals surface area contributed by atoms with E-state index in [9.17, 15) is 4.79 Å². The van der Waals surface area contributed by atoms with Gasteiger partial charge in [-0.2, -0.15) is 0 Å². The second-order valence-electron chi connectivity index (χ2n) is 2.18. The zero-order chi connectivity index (χ0) is 5.98. The molecule has 8 heavy (non-hydrogen) atoms. The van der Waals surface area contributed by atoms with E-state index in [0.29, 0.717) is 0 Å². The number of carbonyl (C=O) groups excluding carboxylic acids is 1. The summed E-state index contributed by atoms with van der Waals surface area (Å²) in [5.41, 5.74) is 5.03. The van der Waals surface area contributed by atoms with Crippen LogP contribution in [-0.2, 0) is 4.79 Å². The second kappa shape index (κ2) is 2.16. The Morgan fingerprint density at radius 1 is 1.75 bits per heavy atom. The molecule has 1 amide bonds. The smallest absolute Gasteiger partial charge is 0.220 e. The highest BCUT2D eigenvalue weighted by atomic mass is 16.1. The van der Waals surface area contributed by atoms with Crippen LogP contribution in [0.2, 0.25) is 0 Å². The molecule has 2 nitrogen and oxygen atoms in total. The minimum absolute atomic E-state index is 0.0787.